The van der Waals surface area contributed by atoms with Crippen LogP contribution in [-0.4, -0.2) is 47.9 Å². The molecule has 1 amide bonds. The zero-order chi connectivity index (χ0) is 24.8. The fourth-order valence-corrected chi connectivity index (χ4v) is 4.13. The van der Waals surface area contributed by atoms with Gasteiger partial charge in [-0.3, -0.25) is 9.10 Å². The molecule has 0 aliphatic carbocycles. The average Bonchev–Trinajstić information content (AvgIpc) is 2.73. The maximum absolute atomic E-state index is 13.1. The first-order valence-corrected chi connectivity index (χ1v) is 11.9. The van der Waals surface area contributed by atoms with Gasteiger partial charge in [-0.1, -0.05) is 17.7 Å². The van der Waals surface area contributed by atoms with E-state index in [0.29, 0.717) is 34.7 Å². The van der Waals surface area contributed by atoms with Gasteiger partial charge in [0.15, 0.2) is 11.5 Å². The number of rotatable bonds is 10. The van der Waals surface area contributed by atoms with Crippen molar-refractivity contribution in [1.82, 2.24) is 5.32 Å². The number of benzene rings is 2. The van der Waals surface area contributed by atoms with Crippen LogP contribution in [0.25, 0.3) is 0 Å². The summed E-state index contributed by atoms with van der Waals surface area (Å²) in [5.74, 6) is 0.477. The van der Waals surface area contributed by atoms with Crippen molar-refractivity contribution >= 4 is 33.2 Å². The Balaban J connectivity index is 2.03. The summed E-state index contributed by atoms with van der Waals surface area (Å²) < 4.78 is 74.5. The zero-order valence-corrected chi connectivity index (χ0v) is 19.8. The predicted octanol–water partition coefficient (Wildman–Crippen LogP) is 3.89. The lowest BCUT2D eigenvalue weighted by molar-refractivity contribution is -0.137. The third-order valence-electron chi connectivity index (χ3n) is 4.64. The molecule has 0 aliphatic rings. The van der Waals surface area contributed by atoms with Crippen LogP contribution in [0.2, 0.25) is 5.02 Å². The average molecular weight is 509 g/mol. The molecule has 0 atom stereocenters. The van der Waals surface area contributed by atoms with Gasteiger partial charge in [0.05, 0.1) is 36.7 Å². The highest BCUT2D eigenvalue weighted by atomic mass is 35.5. The van der Waals surface area contributed by atoms with E-state index < -0.39 is 39.9 Å². The van der Waals surface area contributed by atoms with Crippen molar-refractivity contribution in [1.29, 1.82) is 0 Å². The molecule has 0 radical (unpaired) electrons. The monoisotopic (exact) mass is 508 g/mol. The highest BCUT2D eigenvalue weighted by molar-refractivity contribution is 7.92. The summed E-state index contributed by atoms with van der Waals surface area (Å²) in [7, 11) is -1.04. The molecule has 0 spiro atoms. The number of carbonyl (C=O) groups excluding carboxylic acids is 1. The minimum Gasteiger partial charge on any atom is -0.493 e. The van der Waals surface area contributed by atoms with Crippen LogP contribution in [0.5, 0.6) is 11.5 Å². The van der Waals surface area contributed by atoms with Crippen LogP contribution in [0.3, 0.4) is 0 Å². The molecule has 0 heterocycles. The molecular formula is C21H24ClF3N2O5S. The van der Waals surface area contributed by atoms with Gasteiger partial charge in [-0.2, -0.15) is 13.2 Å². The van der Waals surface area contributed by atoms with Gasteiger partial charge in [0.2, 0.25) is 15.9 Å². The van der Waals surface area contributed by atoms with Crippen LogP contribution >= 0.6 is 11.6 Å². The zero-order valence-electron chi connectivity index (χ0n) is 18.2. The molecule has 0 aromatic heterocycles. The topological polar surface area (TPSA) is 84.9 Å². The highest BCUT2D eigenvalue weighted by Crippen LogP contribution is 2.36. The number of hydrogen-bond donors (Lipinski definition) is 1. The minimum atomic E-state index is -4.70. The van der Waals surface area contributed by atoms with E-state index in [1.807, 2.05) is 12.1 Å². The lowest BCUT2D eigenvalue weighted by Gasteiger charge is -2.24. The Bertz CT molecular complexity index is 1090. The van der Waals surface area contributed by atoms with E-state index in [2.05, 4.69) is 5.32 Å². The third-order valence-corrected chi connectivity index (χ3v) is 6.09. The van der Waals surface area contributed by atoms with Crippen LogP contribution in [0.15, 0.2) is 36.4 Å². The number of sulfonamides is 1. The Morgan fingerprint density at radius 3 is 2.33 bits per heavy atom. The fourth-order valence-electron chi connectivity index (χ4n) is 3.00. The first-order chi connectivity index (χ1) is 15.4. The molecule has 0 saturated carbocycles. The fraction of sp³-hybridized carbons (Fsp3) is 0.381. The summed E-state index contributed by atoms with van der Waals surface area (Å²) in [5.41, 5.74) is -0.559. The lowest BCUT2D eigenvalue weighted by Crippen LogP contribution is -2.41. The molecule has 1 N–H and O–H groups in total. The second-order valence-electron chi connectivity index (χ2n) is 7.08. The number of nitrogens with zero attached hydrogens (tertiary/aromatic N) is 1. The molecule has 0 fully saturated rings. The van der Waals surface area contributed by atoms with E-state index in [4.69, 9.17) is 21.1 Å². The summed E-state index contributed by atoms with van der Waals surface area (Å²) in [4.78, 5) is 12.3. The predicted molar refractivity (Wildman–Crippen MR) is 120 cm³/mol. The Morgan fingerprint density at radius 2 is 1.76 bits per heavy atom. The van der Waals surface area contributed by atoms with Crippen molar-refractivity contribution in [3.05, 3.63) is 52.5 Å². The molecule has 0 saturated heterocycles. The second kappa shape index (κ2) is 11.0. The van der Waals surface area contributed by atoms with E-state index >= 15 is 0 Å². The Kier molecular flexibility index (Phi) is 8.84. The van der Waals surface area contributed by atoms with E-state index in [9.17, 15) is 26.4 Å². The van der Waals surface area contributed by atoms with Gasteiger partial charge in [-0.15, -0.1) is 0 Å². The van der Waals surface area contributed by atoms with Gasteiger partial charge < -0.3 is 14.8 Å². The molecule has 33 heavy (non-hydrogen) atoms. The molecule has 7 nitrogen and oxygen atoms in total. The van der Waals surface area contributed by atoms with Gasteiger partial charge in [0, 0.05) is 6.54 Å². The maximum Gasteiger partial charge on any atom is 0.416 e. The lowest BCUT2D eigenvalue weighted by atomic mass is 10.1. The quantitative estimate of drug-likeness (QED) is 0.492. The molecule has 0 aliphatic heterocycles. The van der Waals surface area contributed by atoms with Gasteiger partial charge in [-0.05, 0) is 48.7 Å². The van der Waals surface area contributed by atoms with E-state index in [-0.39, 0.29) is 11.6 Å². The number of ether oxygens (including phenoxy) is 2. The molecule has 2 aromatic carbocycles. The normalized spacial score (nSPS) is 11.7. The molecule has 182 valence electrons. The standard InChI is InChI=1S/C21H24ClF3N2O5S/c1-31-18-9-6-14(11-19(18)32-2)5-4-10-26-20(28)13-27(33(3,29)30)17-12-15(21(23,24)25)7-8-16(17)22/h6-9,11-12H,4-5,10,13H2,1-3H3,(H,26,28). The Hall–Kier alpha value is -2.66. The Morgan fingerprint density at radius 1 is 1.09 bits per heavy atom. The number of halogens is 4. The van der Waals surface area contributed by atoms with Crippen molar-refractivity contribution in [2.45, 2.75) is 19.0 Å². The number of amides is 1. The Labute approximate surface area is 195 Å². The number of hydrogen-bond acceptors (Lipinski definition) is 5. The third kappa shape index (κ3) is 7.43. The van der Waals surface area contributed by atoms with Crippen molar-refractivity contribution < 1.29 is 35.9 Å². The van der Waals surface area contributed by atoms with Gasteiger partial charge in [0.25, 0.3) is 0 Å². The highest BCUT2D eigenvalue weighted by Gasteiger charge is 2.33. The number of methoxy groups -OCH3 is 2. The number of aryl methyl sites for hydroxylation is 1. The van der Waals surface area contributed by atoms with Crippen LogP contribution in [-0.2, 0) is 27.4 Å². The smallest absolute Gasteiger partial charge is 0.416 e. The molecule has 2 rings (SSSR count). The molecule has 2 aromatic rings. The van der Waals surface area contributed by atoms with Crippen molar-refractivity contribution in [2.75, 3.05) is 37.9 Å². The number of nitrogens with one attached hydrogen (secondary N) is 1. The molecule has 0 unspecified atom stereocenters. The van der Waals surface area contributed by atoms with Crippen molar-refractivity contribution in [3.63, 3.8) is 0 Å². The van der Waals surface area contributed by atoms with Crippen LogP contribution in [0, 0.1) is 0 Å². The number of alkyl halides is 3. The number of carbonyl (C=O) groups is 1. The minimum absolute atomic E-state index is 0.223. The summed E-state index contributed by atoms with van der Waals surface area (Å²) in [5, 5.41) is 2.35. The second-order valence-corrected chi connectivity index (χ2v) is 9.39. The summed E-state index contributed by atoms with van der Waals surface area (Å²) in [6.07, 6.45) is -2.79. The summed E-state index contributed by atoms with van der Waals surface area (Å²) >= 11 is 5.95. The van der Waals surface area contributed by atoms with E-state index in [1.54, 1.807) is 6.07 Å². The first-order valence-electron chi connectivity index (χ1n) is 9.69. The maximum atomic E-state index is 13.1. The number of anilines is 1. The first kappa shape index (κ1) is 26.6. The molecular weight excluding hydrogens is 485 g/mol. The SMILES string of the molecule is COc1ccc(CCCNC(=O)CN(c2cc(C(F)(F)F)ccc2Cl)S(C)(=O)=O)cc1OC. The summed E-state index contributed by atoms with van der Waals surface area (Å²) in [6, 6.07) is 7.70. The van der Waals surface area contributed by atoms with Gasteiger partial charge in [0.1, 0.15) is 6.54 Å². The van der Waals surface area contributed by atoms with Crippen LogP contribution in [0.4, 0.5) is 18.9 Å². The van der Waals surface area contributed by atoms with Crippen molar-refractivity contribution in [2.24, 2.45) is 0 Å². The van der Waals surface area contributed by atoms with Gasteiger partial charge in [-0.25, -0.2) is 8.42 Å². The van der Waals surface area contributed by atoms with E-state index in [0.717, 1.165) is 24.0 Å². The summed E-state index contributed by atoms with van der Waals surface area (Å²) in [6.45, 7) is -0.489. The molecule has 12 heteroatoms. The largest absolute Gasteiger partial charge is 0.493 e. The molecule has 0 bridgehead atoms. The van der Waals surface area contributed by atoms with Gasteiger partial charge >= 0.3 is 6.18 Å². The van der Waals surface area contributed by atoms with E-state index in [1.165, 1.54) is 14.2 Å². The van der Waals surface area contributed by atoms with Crippen molar-refractivity contribution in [3.8, 4) is 11.5 Å². The van der Waals surface area contributed by atoms with Crippen LogP contribution in [0.1, 0.15) is 17.5 Å². The van der Waals surface area contributed by atoms with Crippen LogP contribution < -0.4 is 19.1 Å².